The maximum absolute atomic E-state index is 10.6. The molecule has 0 aliphatic carbocycles. The zero-order chi connectivity index (χ0) is 106. The molecule has 0 unspecified atom stereocenters. The highest BCUT2D eigenvalue weighted by Crippen LogP contribution is 2.38. The lowest BCUT2D eigenvalue weighted by Crippen LogP contribution is -2.80. The van der Waals surface area contributed by atoms with Gasteiger partial charge in [0.1, 0.15) is 17.3 Å². The van der Waals surface area contributed by atoms with Gasteiger partial charge in [0.2, 0.25) is 0 Å². The van der Waals surface area contributed by atoms with Crippen molar-refractivity contribution in [3.63, 3.8) is 0 Å². The van der Waals surface area contributed by atoms with E-state index in [1.807, 2.05) is 32.9 Å². The van der Waals surface area contributed by atoms with Crippen LogP contribution in [0.1, 0.15) is 90.8 Å². The number of ether oxygens (including phenoxy) is 1. The first-order valence-corrected chi connectivity index (χ1v) is 35.6. The van der Waals surface area contributed by atoms with Crippen molar-refractivity contribution in [3.8, 4) is 62.1 Å². The molecule has 0 N–H and O–H groups in total. The normalized spacial score (nSPS) is 18.0. The summed E-state index contributed by atoms with van der Waals surface area (Å²) < 4.78 is 431. The van der Waals surface area contributed by atoms with Crippen LogP contribution in [0.2, 0.25) is 0 Å². The molecule has 102 heavy (non-hydrogen) atoms. The van der Waals surface area contributed by atoms with Crippen molar-refractivity contribution in [1.29, 1.82) is 0 Å². The van der Waals surface area contributed by atoms with E-state index in [1.54, 1.807) is 59.2 Å². The molecule has 17 aromatic rings. The molecule has 0 fully saturated rings. The topological polar surface area (TPSA) is 35.9 Å². The summed E-state index contributed by atoms with van der Waals surface area (Å²) >= 11 is 0. The first-order chi connectivity index (χ1) is 67.9. The average molecular weight is 1390 g/mol. The van der Waals surface area contributed by atoms with Gasteiger partial charge >= 0.3 is 0 Å². The minimum atomic E-state index is -7.32. The predicted molar refractivity (Wildman–Crippen MR) is 429 cm³/mol. The van der Waals surface area contributed by atoms with Gasteiger partial charge in [0, 0.05) is 32.7 Å². The number of rotatable bonds is 16. The Bertz CT molecular complexity index is 7780. The molecule has 0 aliphatic heterocycles. The van der Waals surface area contributed by atoms with Crippen LogP contribution >= 0.6 is 0 Å². The van der Waals surface area contributed by atoms with Crippen molar-refractivity contribution < 1.29 is 68.2 Å². The molecule has 0 spiro atoms. The molecular weight excluding hydrogens is 1270 g/mol. The number of hydrogen-bond acceptors (Lipinski definition) is 2. The summed E-state index contributed by atoms with van der Waals surface area (Å²) in [5.74, 6) is -0.106. The van der Waals surface area contributed by atoms with Gasteiger partial charge in [-0.05, 0) is 141 Å². The zero-order valence-electron chi connectivity index (χ0n) is 96.9. The van der Waals surface area contributed by atoms with Crippen molar-refractivity contribution >= 4 is 90.5 Å². The highest BCUT2D eigenvalue weighted by molar-refractivity contribution is 7.22. The van der Waals surface area contributed by atoms with E-state index in [-0.39, 0.29) is 39.6 Å². The summed E-state index contributed by atoms with van der Waals surface area (Å²) in [6.07, 6.45) is 4.41. The molecule has 0 bridgehead atoms. The second kappa shape index (κ2) is 26.4. The van der Waals surface area contributed by atoms with Crippen LogP contribution in [0.3, 0.4) is 0 Å². The summed E-state index contributed by atoms with van der Waals surface area (Å²) in [7, 11) is -14.6. The minimum Gasteiger partial charge on any atom is -0.458 e. The average Bonchev–Trinajstić information content (AvgIpc) is 0.927. The van der Waals surface area contributed by atoms with Gasteiger partial charge < -0.3 is 4.74 Å². The number of pyridine rings is 1. The summed E-state index contributed by atoms with van der Waals surface area (Å²) in [4.78, 5) is 4.72. The fraction of sp³-hybridized carbons (Fsp3) is 0.0526. The van der Waals surface area contributed by atoms with E-state index in [2.05, 4.69) is 6.33 Å². The van der Waals surface area contributed by atoms with Crippen molar-refractivity contribution in [2.75, 3.05) is 0 Å². The van der Waals surface area contributed by atoms with E-state index >= 15 is 0 Å². The van der Waals surface area contributed by atoms with Crippen LogP contribution < -0.4 is 50.8 Å². The Morgan fingerprint density at radius 2 is 0.892 bits per heavy atom. The van der Waals surface area contributed by atoms with Crippen LogP contribution in [0.4, 0.5) is 0 Å². The molecule has 0 aliphatic rings. The predicted octanol–water partition coefficient (Wildman–Crippen LogP) is 17.4. The van der Waals surface area contributed by atoms with Gasteiger partial charge in [-0.25, -0.2) is 4.98 Å². The fourth-order valence-corrected chi connectivity index (χ4v) is 21.4. The fourth-order valence-electron chi connectivity index (χ4n) is 13.2. The molecule has 5 nitrogen and oxygen atoms in total. The molecule has 17 rings (SSSR count). The van der Waals surface area contributed by atoms with Crippen LogP contribution in [0.15, 0.2) is 375 Å². The van der Waals surface area contributed by atoms with Gasteiger partial charge in [0.15, 0.2) is 16.1 Å². The van der Waals surface area contributed by atoms with Crippen molar-refractivity contribution in [3.05, 3.63) is 393 Å². The summed E-state index contributed by atoms with van der Waals surface area (Å²) in [6.45, 7) is 2.83. The number of hydrogen-bond donors (Lipinski definition) is 0. The smallest absolute Gasteiger partial charge is 0.269 e. The minimum absolute atomic E-state index is 0.0230. The molecule has 0 saturated carbocycles. The van der Waals surface area contributed by atoms with E-state index in [0.717, 1.165) is 28.5 Å². The van der Waals surface area contributed by atoms with Crippen LogP contribution in [0.25, 0.3) is 83.4 Å². The lowest BCUT2D eigenvalue weighted by molar-refractivity contribution is -0.570. The Morgan fingerprint density at radius 1 is 0.412 bits per heavy atom. The molecular formula is C95H74N4OSi2. The third-order valence-electron chi connectivity index (χ3n) is 17.8. The van der Waals surface area contributed by atoms with Crippen molar-refractivity contribution in [2.24, 2.45) is 0 Å². The second-order valence-electron chi connectivity index (χ2n) is 24.4. The summed E-state index contributed by atoms with van der Waals surface area (Å²) in [5.41, 5.74) is -3.22. The monoisotopic (exact) mass is 1390 g/mol. The Labute approximate surface area is 659 Å². The highest BCUT2D eigenvalue weighted by Gasteiger charge is 2.49. The largest absolute Gasteiger partial charge is 0.458 e. The molecule has 7 heteroatoms. The summed E-state index contributed by atoms with van der Waals surface area (Å²) in [5, 5.41) is -9.39. The Kier molecular flexibility index (Phi) is 8.28. The molecule has 14 aromatic carbocycles. The third-order valence-corrected chi connectivity index (χ3v) is 26.1. The van der Waals surface area contributed by atoms with Crippen molar-refractivity contribution in [2.45, 2.75) is 33.0 Å². The van der Waals surface area contributed by atoms with E-state index < -0.39 is 340 Å². The Hall–Kier alpha value is -12.3. The van der Waals surface area contributed by atoms with E-state index in [4.69, 9.17) is 22.1 Å². The maximum atomic E-state index is 10.6. The highest BCUT2D eigenvalue weighted by atomic mass is 28.3. The van der Waals surface area contributed by atoms with Gasteiger partial charge in [-0.15, -0.1) is 0 Å². The standard InChI is InChI=1S/C95H74N4OSi2/c1-68-60-93(96-66-86(68)71-34-15-6-16-35-71)99-87-51-30-29-50-84(87)85-58-57-77(65-89(85)99)100-76-37-31-36-75(64-76)97-67-98(88-59-54-72(61-90(88)97)70-52-55-74(56-53-70)95(2,3)4)94-91(101(78-38-17-7-18-39-78,79-40-19-8-20-41-79)80-42-21-9-22-43-80)62-73(69-32-13-5-14-33-69)63-92(94)102(81-44-23-10-24-45-81,82-46-25-11-26-47-82)83-48-27-12-28-49-83/h5-66H,1-4H3/i1D3,5D,6D,7D,8D,9D,10D,11D,12D,13D,14D,15D,16D,17D,18D,19D,20D,21D,22D,23D,24D,25D,26D,27D,28D,32D,33D,34D,35D,38D,39D,40D,41D,42D,43D,44D,45D,46D,47D,48D,49D. The van der Waals surface area contributed by atoms with Crippen LogP contribution in [0.5, 0.6) is 11.5 Å². The van der Waals surface area contributed by atoms with Gasteiger partial charge in [0.05, 0.1) is 88.3 Å². The number of fused-ring (bicyclic) bond motifs is 4. The quantitative estimate of drug-likeness (QED) is 0.0418. The first-order valence-electron chi connectivity index (χ1n) is 53.1. The molecule has 0 amide bonds. The SMILES string of the molecule is [2H]c1c([2H])c([2H])c(-c2cc([Si](c3c([2H])c([2H])c([2H])c([2H])c3[2H])(c3c([2H])c([2H])c([2H])c([2H])c3[2H])c3c([2H])c([2H])c([2H])c([2H])c3[2H])c(-[n+]3[c-]n(-c4cccc(Oc5ccc6c7ccccc7n(-c7cc(C([2H])([2H])[2H])c(-c8c([2H])c([2H])c([2H])c([2H])c8[2H])cn7)c6c5)c4)c4cc(-c5ccc(C(C)(C)C)cc5)ccc43)c([Si](c3c([2H])c([2H])c([2H])c([2H])c3[2H])(c3c([2H])c([2H])c([2H])c([2H])c3[2H])c3c([2H])c([2H])c([2H])c([2H])c3[2H])c2)c([2H])c1[2H]. The van der Waals surface area contributed by atoms with Crippen LogP contribution in [-0.4, -0.2) is 30.3 Å². The molecule has 0 atom stereocenters. The number of aromatic nitrogens is 4. The van der Waals surface area contributed by atoms with Crippen molar-refractivity contribution in [1.82, 2.24) is 14.1 Å². The van der Waals surface area contributed by atoms with E-state index in [9.17, 15) is 46.6 Å². The number of nitrogens with zero attached hydrogens (tertiary/aromatic N) is 4. The molecule has 3 heterocycles. The van der Waals surface area contributed by atoms with E-state index in [0.29, 0.717) is 32.9 Å². The van der Waals surface area contributed by atoms with E-state index in [1.165, 1.54) is 53.1 Å². The number of imidazole rings is 1. The molecule has 0 saturated heterocycles. The van der Waals surface area contributed by atoms with Crippen LogP contribution in [-0.2, 0) is 5.41 Å². The van der Waals surface area contributed by atoms with Gasteiger partial charge in [0.25, 0.3) is 6.33 Å². The number of benzene rings is 14. The lowest BCUT2D eigenvalue weighted by Gasteiger charge is -2.41. The number of para-hydroxylation sites is 1. The first kappa shape index (κ1) is 31.9. The molecule has 488 valence electrons. The maximum Gasteiger partial charge on any atom is 0.269 e. The Balaban J connectivity index is 1.14. The van der Waals surface area contributed by atoms with Gasteiger partial charge in [-0.3, -0.25) is 13.7 Å². The lowest BCUT2D eigenvalue weighted by atomic mass is 9.86. The molecule has 3 aromatic heterocycles. The summed E-state index contributed by atoms with van der Waals surface area (Å²) in [6, 6.07) is -19.9. The van der Waals surface area contributed by atoms with Gasteiger partial charge in [-0.2, -0.15) is 0 Å². The Morgan fingerprint density at radius 3 is 1.41 bits per heavy atom. The zero-order valence-corrected chi connectivity index (χ0v) is 55.9. The van der Waals surface area contributed by atoms with Crippen LogP contribution in [0, 0.1) is 13.2 Å². The van der Waals surface area contributed by atoms with Gasteiger partial charge in [-0.1, -0.05) is 335 Å². The number of aryl methyl sites for hydroxylation is 1. The third kappa shape index (κ3) is 11.1. The second-order valence-corrected chi connectivity index (χ2v) is 31.5. The molecule has 0 radical (unpaired) electrons.